The van der Waals surface area contributed by atoms with Crippen LogP contribution in [0.3, 0.4) is 0 Å². The topological polar surface area (TPSA) is 29.5 Å². The molecule has 0 amide bonds. The molecule has 1 unspecified atom stereocenters. The van der Waals surface area contributed by atoms with E-state index in [2.05, 4.69) is 4.90 Å². The van der Waals surface area contributed by atoms with Gasteiger partial charge < -0.3 is 9.64 Å². The third-order valence-corrected chi connectivity index (χ3v) is 4.01. The van der Waals surface area contributed by atoms with Gasteiger partial charge in [0.2, 0.25) is 0 Å². The highest BCUT2D eigenvalue weighted by molar-refractivity contribution is 6.33. The Kier molecular flexibility index (Phi) is 6.02. The van der Waals surface area contributed by atoms with Gasteiger partial charge in [0.05, 0.1) is 11.1 Å². The maximum absolute atomic E-state index is 12.1. The van der Waals surface area contributed by atoms with Crippen molar-refractivity contribution in [3.8, 4) is 0 Å². The van der Waals surface area contributed by atoms with E-state index in [9.17, 15) is 4.79 Å². The maximum Gasteiger partial charge on any atom is 0.165 e. The third kappa shape index (κ3) is 4.58. The molecule has 110 valence electrons. The Morgan fingerprint density at radius 3 is 2.90 bits per heavy atom. The standard InChI is InChI=1S/C16H22ClNO2/c1-18(12-13-6-4-5-11-20-13)10-9-16(19)14-7-2-3-8-15(14)17/h2-3,7-8,13H,4-6,9-12H2,1H3. The highest BCUT2D eigenvalue weighted by atomic mass is 35.5. The molecule has 0 N–H and O–H groups in total. The zero-order valence-electron chi connectivity index (χ0n) is 12.0. The zero-order chi connectivity index (χ0) is 14.4. The summed E-state index contributed by atoms with van der Waals surface area (Å²) in [4.78, 5) is 14.3. The second-order valence-corrected chi connectivity index (χ2v) is 5.81. The van der Waals surface area contributed by atoms with E-state index in [1.165, 1.54) is 12.8 Å². The smallest absolute Gasteiger partial charge is 0.165 e. The number of likely N-dealkylation sites (N-methyl/N-ethyl adjacent to an activating group) is 1. The van der Waals surface area contributed by atoms with E-state index in [-0.39, 0.29) is 5.78 Å². The summed E-state index contributed by atoms with van der Waals surface area (Å²) in [6.45, 7) is 2.51. The molecule has 0 spiro atoms. The van der Waals surface area contributed by atoms with Crippen molar-refractivity contribution in [3.05, 3.63) is 34.9 Å². The molecule has 1 fully saturated rings. The number of Topliss-reactive ketones (excluding diaryl/α,β-unsaturated/α-hetero) is 1. The highest BCUT2D eigenvalue weighted by Crippen LogP contribution is 2.17. The fraction of sp³-hybridized carbons (Fsp3) is 0.562. The molecule has 4 heteroatoms. The molecule has 0 saturated carbocycles. The molecule has 1 aliphatic rings. The van der Waals surface area contributed by atoms with E-state index in [0.717, 1.165) is 26.1 Å². The first-order valence-corrected chi connectivity index (χ1v) is 7.62. The van der Waals surface area contributed by atoms with Gasteiger partial charge in [0.15, 0.2) is 5.78 Å². The van der Waals surface area contributed by atoms with E-state index in [1.54, 1.807) is 12.1 Å². The highest BCUT2D eigenvalue weighted by Gasteiger charge is 2.17. The number of ketones is 1. The Morgan fingerprint density at radius 1 is 1.40 bits per heavy atom. The van der Waals surface area contributed by atoms with Crippen LogP contribution in [0.15, 0.2) is 24.3 Å². The maximum atomic E-state index is 12.1. The van der Waals surface area contributed by atoms with Gasteiger partial charge in [-0.1, -0.05) is 23.7 Å². The van der Waals surface area contributed by atoms with Crippen molar-refractivity contribution >= 4 is 17.4 Å². The van der Waals surface area contributed by atoms with Gasteiger partial charge in [-0.15, -0.1) is 0 Å². The van der Waals surface area contributed by atoms with Gasteiger partial charge in [0.25, 0.3) is 0 Å². The van der Waals surface area contributed by atoms with Crippen LogP contribution in [-0.2, 0) is 4.74 Å². The first-order chi connectivity index (χ1) is 9.66. The minimum absolute atomic E-state index is 0.104. The number of ether oxygens (including phenoxy) is 1. The molecule has 0 aliphatic carbocycles. The molecule has 1 atom stereocenters. The van der Waals surface area contributed by atoms with Crippen LogP contribution in [0.1, 0.15) is 36.0 Å². The zero-order valence-corrected chi connectivity index (χ0v) is 12.7. The summed E-state index contributed by atoms with van der Waals surface area (Å²) in [7, 11) is 2.04. The van der Waals surface area contributed by atoms with Crippen molar-refractivity contribution in [2.24, 2.45) is 0 Å². The van der Waals surface area contributed by atoms with E-state index in [1.807, 2.05) is 19.2 Å². The van der Waals surface area contributed by atoms with Crippen LogP contribution in [0.4, 0.5) is 0 Å². The lowest BCUT2D eigenvalue weighted by molar-refractivity contribution is -0.00144. The normalized spacial score (nSPS) is 19.2. The van der Waals surface area contributed by atoms with Crippen molar-refractivity contribution in [3.63, 3.8) is 0 Å². The largest absolute Gasteiger partial charge is 0.377 e. The molecule has 1 saturated heterocycles. The van der Waals surface area contributed by atoms with Crippen molar-refractivity contribution < 1.29 is 9.53 Å². The number of benzene rings is 1. The summed E-state index contributed by atoms with van der Waals surface area (Å²) in [5, 5.41) is 0.538. The monoisotopic (exact) mass is 295 g/mol. The van der Waals surface area contributed by atoms with E-state index < -0.39 is 0 Å². The lowest BCUT2D eigenvalue weighted by atomic mass is 10.1. The Morgan fingerprint density at radius 2 is 2.20 bits per heavy atom. The Labute approximate surface area is 125 Å². The minimum atomic E-state index is 0.104. The first-order valence-electron chi connectivity index (χ1n) is 7.24. The fourth-order valence-corrected chi connectivity index (χ4v) is 2.75. The summed E-state index contributed by atoms with van der Waals surface area (Å²) in [5.74, 6) is 0.104. The Bertz CT molecular complexity index is 444. The van der Waals surface area contributed by atoms with Gasteiger partial charge in [-0.25, -0.2) is 0 Å². The average Bonchev–Trinajstić information content (AvgIpc) is 2.46. The Balaban J connectivity index is 1.76. The van der Waals surface area contributed by atoms with Gasteiger partial charge >= 0.3 is 0 Å². The molecule has 0 bridgehead atoms. The van der Waals surface area contributed by atoms with Crippen molar-refractivity contribution in [2.45, 2.75) is 31.8 Å². The molecule has 1 heterocycles. The number of hydrogen-bond acceptors (Lipinski definition) is 3. The third-order valence-electron chi connectivity index (χ3n) is 3.68. The average molecular weight is 296 g/mol. The lowest BCUT2D eigenvalue weighted by Gasteiger charge is -2.27. The van der Waals surface area contributed by atoms with E-state index in [4.69, 9.17) is 16.3 Å². The summed E-state index contributed by atoms with van der Waals surface area (Å²) < 4.78 is 5.71. The number of rotatable bonds is 6. The van der Waals surface area contributed by atoms with E-state index >= 15 is 0 Å². The Hall–Kier alpha value is -0.900. The van der Waals surface area contributed by atoms with Crippen molar-refractivity contribution in [1.29, 1.82) is 0 Å². The van der Waals surface area contributed by atoms with Crippen LogP contribution in [0.2, 0.25) is 5.02 Å². The number of halogens is 1. The molecule has 0 radical (unpaired) electrons. The van der Waals surface area contributed by atoms with Crippen LogP contribution in [0.25, 0.3) is 0 Å². The first kappa shape index (κ1) is 15.5. The molecule has 1 aromatic rings. The van der Waals surface area contributed by atoms with Crippen LogP contribution in [0, 0.1) is 0 Å². The number of nitrogens with zero attached hydrogens (tertiary/aromatic N) is 1. The molecule has 2 rings (SSSR count). The van der Waals surface area contributed by atoms with E-state index in [0.29, 0.717) is 23.1 Å². The second kappa shape index (κ2) is 7.77. The molecular weight excluding hydrogens is 274 g/mol. The molecule has 0 aromatic heterocycles. The van der Waals surface area contributed by atoms with Gasteiger partial charge in [-0.05, 0) is 38.4 Å². The summed E-state index contributed by atoms with van der Waals surface area (Å²) >= 11 is 6.04. The van der Waals surface area contributed by atoms with Crippen molar-refractivity contribution in [2.75, 3.05) is 26.7 Å². The SMILES string of the molecule is CN(CCC(=O)c1ccccc1Cl)CC1CCCCO1. The quantitative estimate of drug-likeness (QED) is 0.753. The number of hydrogen-bond donors (Lipinski definition) is 0. The van der Waals surface area contributed by atoms with Gasteiger partial charge in [0, 0.05) is 31.7 Å². The fourth-order valence-electron chi connectivity index (χ4n) is 2.50. The molecule has 20 heavy (non-hydrogen) atoms. The van der Waals surface area contributed by atoms with Crippen molar-refractivity contribution in [1.82, 2.24) is 4.90 Å². The lowest BCUT2D eigenvalue weighted by Crippen LogP contribution is -2.34. The van der Waals surface area contributed by atoms with Crippen LogP contribution >= 0.6 is 11.6 Å². The number of carbonyl (C=O) groups excluding carboxylic acids is 1. The van der Waals surface area contributed by atoms with Crippen LogP contribution in [-0.4, -0.2) is 43.5 Å². The van der Waals surface area contributed by atoms with Gasteiger partial charge in [-0.2, -0.15) is 0 Å². The van der Waals surface area contributed by atoms with Crippen LogP contribution in [0.5, 0.6) is 0 Å². The number of carbonyl (C=O) groups is 1. The summed E-state index contributed by atoms with van der Waals surface area (Å²) in [6, 6.07) is 7.23. The molecule has 1 aliphatic heterocycles. The molecule has 3 nitrogen and oxygen atoms in total. The summed E-state index contributed by atoms with van der Waals surface area (Å²) in [6.07, 6.45) is 4.36. The van der Waals surface area contributed by atoms with Gasteiger partial charge in [-0.3, -0.25) is 4.79 Å². The van der Waals surface area contributed by atoms with Gasteiger partial charge in [0.1, 0.15) is 0 Å². The minimum Gasteiger partial charge on any atom is -0.377 e. The molecular formula is C16H22ClNO2. The molecule has 1 aromatic carbocycles. The summed E-state index contributed by atoms with van der Waals surface area (Å²) in [5.41, 5.74) is 0.622. The second-order valence-electron chi connectivity index (χ2n) is 5.40. The predicted octanol–water partition coefficient (Wildman–Crippen LogP) is 3.41. The predicted molar refractivity (Wildman–Crippen MR) is 81.5 cm³/mol. The van der Waals surface area contributed by atoms with Crippen LogP contribution < -0.4 is 0 Å².